The van der Waals surface area contributed by atoms with E-state index in [0.717, 1.165) is 0 Å². The molecule has 0 bridgehead atoms. The Kier molecular flexibility index (Phi) is 5.06. The fraction of sp³-hybridized carbons (Fsp3) is 0.294. The molecule has 3 heterocycles. The molecule has 2 N–H and O–H groups in total. The number of nitrogens with zero attached hydrogens (tertiary/aromatic N) is 3. The van der Waals surface area contributed by atoms with Gasteiger partial charge in [-0.25, -0.2) is 4.39 Å². The number of carbonyl (C=O) groups is 1. The van der Waals surface area contributed by atoms with Gasteiger partial charge in [0, 0.05) is 11.9 Å². The minimum Gasteiger partial charge on any atom is -0.385 e. The summed E-state index contributed by atoms with van der Waals surface area (Å²) in [6, 6.07) is 8.20. The van der Waals surface area contributed by atoms with E-state index < -0.39 is 12.2 Å². The maximum absolute atomic E-state index is 13.7. The third kappa shape index (κ3) is 3.83. The van der Waals surface area contributed by atoms with Gasteiger partial charge in [0.1, 0.15) is 24.8 Å². The van der Waals surface area contributed by atoms with Crippen LogP contribution in [0.2, 0.25) is 5.02 Å². The highest BCUT2D eigenvalue weighted by atomic mass is 35.5. The Bertz CT molecular complexity index is 813. The third-order valence-electron chi connectivity index (χ3n) is 3.81. The molecule has 0 radical (unpaired) electrons. The van der Waals surface area contributed by atoms with Crippen LogP contribution < -0.4 is 5.73 Å². The molecular weight excluding hydrogens is 347 g/mol. The van der Waals surface area contributed by atoms with E-state index in [9.17, 15) is 9.18 Å². The molecule has 130 valence electrons. The Hall–Kier alpha value is -2.38. The normalized spacial score (nSPS) is 20.2. The van der Waals surface area contributed by atoms with Gasteiger partial charge >= 0.3 is 0 Å². The molecule has 0 saturated heterocycles. The zero-order valence-corrected chi connectivity index (χ0v) is 14.0. The number of ether oxygens (including phenoxy) is 1. The second-order valence-electron chi connectivity index (χ2n) is 5.74. The lowest BCUT2D eigenvalue weighted by Crippen LogP contribution is -2.42. The summed E-state index contributed by atoms with van der Waals surface area (Å²) in [5.74, 6) is 0.0102. The van der Waals surface area contributed by atoms with Crippen LogP contribution in [-0.2, 0) is 16.7 Å². The van der Waals surface area contributed by atoms with Crippen LogP contribution in [0.4, 0.5) is 4.39 Å². The van der Waals surface area contributed by atoms with Crippen molar-refractivity contribution in [2.45, 2.75) is 12.0 Å². The Morgan fingerprint density at radius 2 is 2.20 bits per heavy atom. The number of halogens is 2. The summed E-state index contributed by atoms with van der Waals surface area (Å²) in [7, 11) is 0. The molecule has 1 aliphatic rings. The first kappa shape index (κ1) is 17.4. The van der Waals surface area contributed by atoms with Gasteiger partial charge in [0.15, 0.2) is 11.3 Å². The maximum Gasteiger partial charge on any atom is 0.187 e. The summed E-state index contributed by atoms with van der Waals surface area (Å²) in [5.41, 5.74) is 5.59. The summed E-state index contributed by atoms with van der Waals surface area (Å²) in [6.07, 6.45) is 1.44. The van der Waals surface area contributed by atoms with Crippen LogP contribution in [0.3, 0.4) is 0 Å². The van der Waals surface area contributed by atoms with E-state index in [2.05, 4.69) is 15.0 Å². The van der Waals surface area contributed by atoms with Crippen molar-refractivity contribution in [3.8, 4) is 0 Å². The van der Waals surface area contributed by atoms with E-state index in [1.165, 1.54) is 6.20 Å². The van der Waals surface area contributed by atoms with Gasteiger partial charge in [-0.15, -0.1) is 0 Å². The Labute approximate surface area is 148 Å². The number of carbonyl (C=O) groups excluding carboxylic acids is 1. The Morgan fingerprint density at radius 1 is 1.36 bits per heavy atom. The van der Waals surface area contributed by atoms with E-state index in [-0.39, 0.29) is 31.3 Å². The molecule has 1 unspecified atom stereocenters. The topological polar surface area (TPSA) is 90.5 Å². The van der Waals surface area contributed by atoms with Gasteiger partial charge in [-0.1, -0.05) is 17.7 Å². The molecule has 0 aromatic carbocycles. The number of nitrogens with two attached hydrogens (primary N) is 1. The highest BCUT2D eigenvalue weighted by molar-refractivity contribution is 6.30. The number of aromatic nitrogens is 2. The highest BCUT2D eigenvalue weighted by Crippen LogP contribution is 2.28. The molecule has 0 fully saturated rings. The molecule has 3 rings (SSSR count). The molecular formula is C17H16ClFN4O2. The summed E-state index contributed by atoms with van der Waals surface area (Å²) in [4.78, 5) is 24.9. The summed E-state index contributed by atoms with van der Waals surface area (Å²) >= 11 is 5.77. The number of pyridine rings is 2. The largest absolute Gasteiger partial charge is 0.385 e. The van der Waals surface area contributed by atoms with Gasteiger partial charge in [0.2, 0.25) is 0 Å². The van der Waals surface area contributed by atoms with E-state index in [1.807, 2.05) is 0 Å². The van der Waals surface area contributed by atoms with Crippen molar-refractivity contribution in [2.24, 2.45) is 10.7 Å². The highest BCUT2D eigenvalue weighted by Gasteiger charge is 2.37. The zero-order valence-electron chi connectivity index (χ0n) is 13.3. The van der Waals surface area contributed by atoms with E-state index in [4.69, 9.17) is 22.1 Å². The van der Waals surface area contributed by atoms with Crippen molar-refractivity contribution in [1.82, 2.24) is 9.97 Å². The Balaban J connectivity index is 1.85. The number of rotatable bonds is 5. The molecule has 0 saturated carbocycles. The predicted octanol–water partition coefficient (Wildman–Crippen LogP) is 2.11. The van der Waals surface area contributed by atoms with Crippen molar-refractivity contribution in [3.63, 3.8) is 0 Å². The van der Waals surface area contributed by atoms with E-state index in [0.29, 0.717) is 22.1 Å². The molecule has 0 spiro atoms. The van der Waals surface area contributed by atoms with Crippen LogP contribution in [-0.4, -0.2) is 41.5 Å². The molecule has 0 amide bonds. The number of alkyl halides is 1. The minimum absolute atomic E-state index is 0.0326. The first-order valence-corrected chi connectivity index (χ1v) is 7.99. The van der Waals surface area contributed by atoms with Gasteiger partial charge < -0.3 is 10.5 Å². The van der Waals surface area contributed by atoms with Crippen molar-refractivity contribution >= 4 is 23.2 Å². The average Bonchev–Trinajstić information content (AvgIpc) is 2.62. The first-order valence-electron chi connectivity index (χ1n) is 7.61. The van der Waals surface area contributed by atoms with Gasteiger partial charge in [-0.2, -0.15) is 0 Å². The average molecular weight is 363 g/mol. The van der Waals surface area contributed by atoms with Gasteiger partial charge in [0.25, 0.3) is 0 Å². The molecule has 2 aromatic heterocycles. The number of hydrogen-bond acceptors (Lipinski definition) is 6. The van der Waals surface area contributed by atoms with Crippen LogP contribution in [0.5, 0.6) is 0 Å². The smallest absolute Gasteiger partial charge is 0.187 e. The van der Waals surface area contributed by atoms with Gasteiger partial charge in [-0.05, 0) is 24.3 Å². The fourth-order valence-corrected chi connectivity index (χ4v) is 2.68. The molecule has 1 aliphatic heterocycles. The Morgan fingerprint density at radius 3 is 2.88 bits per heavy atom. The molecule has 1 atom stereocenters. The lowest BCUT2D eigenvalue weighted by molar-refractivity contribution is 0.0805. The first-order chi connectivity index (χ1) is 12.0. The van der Waals surface area contributed by atoms with Gasteiger partial charge in [0.05, 0.1) is 23.7 Å². The molecule has 25 heavy (non-hydrogen) atoms. The number of amidine groups is 1. The SMILES string of the molecule is NC1=NC(CF)(c2cccc(CC(=O)c3ccc(Cl)cn3)n2)COC1. The van der Waals surface area contributed by atoms with Crippen molar-refractivity contribution < 1.29 is 13.9 Å². The van der Waals surface area contributed by atoms with Crippen molar-refractivity contribution in [3.05, 3.63) is 58.6 Å². The van der Waals surface area contributed by atoms with Crippen molar-refractivity contribution in [2.75, 3.05) is 19.9 Å². The monoisotopic (exact) mass is 362 g/mol. The zero-order chi connectivity index (χ0) is 17.9. The lowest BCUT2D eigenvalue weighted by Gasteiger charge is -2.30. The fourth-order valence-electron chi connectivity index (χ4n) is 2.57. The van der Waals surface area contributed by atoms with E-state index in [1.54, 1.807) is 30.3 Å². The summed E-state index contributed by atoms with van der Waals surface area (Å²) in [5, 5.41) is 0.453. The van der Waals surface area contributed by atoms with Crippen LogP contribution in [0.1, 0.15) is 21.9 Å². The van der Waals surface area contributed by atoms with E-state index >= 15 is 0 Å². The third-order valence-corrected chi connectivity index (χ3v) is 4.03. The number of hydrogen-bond donors (Lipinski definition) is 1. The molecule has 6 nitrogen and oxygen atoms in total. The number of ketones is 1. The quantitative estimate of drug-likeness (QED) is 0.822. The van der Waals surface area contributed by atoms with Crippen LogP contribution in [0.25, 0.3) is 0 Å². The van der Waals surface area contributed by atoms with Crippen LogP contribution in [0, 0.1) is 0 Å². The summed E-state index contributed by atoms with van der Waals surface area (Å²) in [6.45, 7) is -0.577. The van der Waals surface area contributed by atoms with Crippen molar-refractivity contribution in [1.29, 1.82) is 0 Å². The minimum atomic E-state index is -1.26. The standard InChI is InChI=1S/C17H16ClFN4O2/c18-11-4-5-13(21-7-11)14(24)6-12-2-1-3-15(22-12)17(9-19)10-25-8-16(20)23-17/h1-5,7H,6,8-10H2,(H2,20,23). The van der Waals surface area contributed by atoms with Crippen LogP contribution in [0.15, 0.2) is 41.5 Å². The number of aliphatic imine (C=N–C) groups is 1. The van der Waals surface area contributed by atoms with Crippen LogP contribution >= 0.6 is 11.6 Å². The molecule has 2 aromatic rings. The molecule has 8 heteroatoms. The second-order valence-corrected chi connectivity index (χ2v) is 6.17. The predicted molar refractivity (Wildman–Crippen MR) is 91.6 cm³/mol. The lowest BCUT2D eigenvalue weighted by atomic mass is 9.96. The number of Topliss-reactive ketones (excluding diaryl/α,β-unsaturated/α-hetero) is 1. The molecule has 0 aliphatic carbocycles. The second kappa shape index (κ2) is 7.25. The maximum atomic E-state index is 13.7. The van der Waals surface area contributed by atoms with Gasteiger partial charge in [-0.3, -0.25) is 19.8 Å². The summed E-state index contributed by atoms with van der Waals surface area (Å²) < 4.78 is 19.0.